The molecule has 1 fully saturated rings. The normalized spacial score (nSPS) is 17.9. The lowest BCUT2D eigenvalue weighted by Crippen LogP contribution is -2.38. The van der Waals surface area contributed by atoms with Crippen LogP contribution in [0.15, 0.2) is 24.3 Å². The SMILES string of the molecule is CC(=O)NCC1CCN(c2ccccc2[C@@H](C)N)CC1. The van der Waals surface area contributed by atoms with Gasteiger partial charge in [-0.25, -0.2) is 0 Å². The first-order chi connectivity index (χ1) is 9.58. The Morgan fingerprint density at radius 3 is 2.65 bits per heavy atom. The molecule has 20 heavy (non-hydrogen) atoms. The monoisotopic (exact) mass is 275 g/mol. The molecule has 1 aromatic carbocycles. The van der Waals surface area contributed by atoms with Crippen LogP contribution in [0, 0.1) is 5.92 Å². The third-order valence-electron chi connectivity index (χ3n) is 4.02. The summed E-state index contributed by atoms with van der Waals surface area (Å²) in [5.74, 6) is 0.660. The van der Waals surface area contributed by atoms with E-state index >= 15 is 0 Å². The minimum absolute atomic E-state index is 0.0586. The van der Waals surface area contributed by atoms with Crippen molar-refractivity contribution < 1.29 is 4.79 Å². The summed E-state index contributed by atoms with van der Waals surface area (Å²) in [6.45, 7) is 6.48. The Hall–Kier alpha value is -1.55. The van der Waals surface area contributed by atoms with Gasteiger partial charge >= 0.3 is 0 Å². The van der Waals surface area contributed by atoms with Crippen LogP contribution in [0.5, 0.6) is 0 Å². The molecular formula is C16H25N3O. The van der Waals surface area contributed by atoms with Crippen LogP contribution in [0.4, 0.5) is 5.69 Å². The van der Waals surface area contributed by atoms with Crippen LogP contribution in [0.25, 0.3) is 0 Å². The summed E-state index contributed by atoms with van der Waals surface area (Å²) < 4.78 is 0. The fraction of sp³-hybridized carbons (Fsp3) is 0.562. The lowest BCUT2D eigenvalue weighted by molar-refractivity contribution is -0.119. The third kappa shape index (κ3) is 3.73. The smallest absolute Gasteiger partial charge is 0.216 e. The molecule has 0 bridgehead atoms. The third-order valence-corrected chi connectivity index (χ3v) is 4.02. The summed E-state index contributed by atoms with van der Waals surface area (Å²) in [7, 11) is 0. The number of anilines is 1. The number of hydrogen-bond donors (Lipinski definition) is 2. The number of carbonyl (C=O) groups excluding carboxylic acids is 1. The maximum absolute atomic E-state index is 11.0. The van der Waals surface area contributed by atoms with Crippen molar-refractivity contribution in [1.29, 1.82) is 0 Å². The molecule has 1 atom stereocenters. The van der Waals surface area contributed by atoms with Gasteiger partial charge in [-0.3, -0.25) is 4.79 Å². The van der Waals surface area contributed by atoms with E-state index in [-0.39, 0.29) is 11.9 Å². The van der Waals surface area contributed by atoms with Gasteiger partial charge in [0.05, 0.1) is 0 Å². The average Bonchev–Trinajstić information content (AvgIpc) is 2.45. The van der Waals surface area contributed by atoms with Crippen LogP contribution in [0.2, 0.25) is 0 Å². The molecule has 1 heterocycles. The minimum Gasteiger partial charge on any atom is -0.371 e. The second kappa shape index (κ2) is 6.75. The van der Waals surface area contributed by atoms with E-state index in [4.69, 9.17) is 5.73 Å². The lowest BCUT2D eigenvalue weighted by Gasteiger charge is -2.35. The molecule has 1 amide bonds. The van der Waals surface area contributed by atoms with Gasteiger partial charge in [-0.2, -0.15) is 0 Å². The Morgan fingerprint density at radius 2 is 2.05 bits per heavy atom. The van der Waals surface area contributed by atoms with Crippen molar-refractivity contribution >= 4 is 11.6 Å². The number of nitrogens with zero attached hydrogens (tertiary/aromatic N) is 1. The van der Waals surface area contributed by atoms with E-state index in [9.17, 15) is 4.79 Å². The summed E-state index contributed by atoms with van der Waals surface area (Å²) in [5.41, 5.74) is 8.54. The molecule has 0 aromatic heterocycles. The topological polar surface area (TPSA) is 58.4 Å². The van der Waals surface area contributed by atoms with Crippen LogP contribution in [0.1, 0.15) is 38.3 Å². The largest absolute Gasteiger partial charge is 0.371 e. The highest BCUT2D eigenvalue weighted by molar-refractivity contribution is 5.72. The van der Waals surface area contributed by atoms with Gasteiger partial charge in [0.1, 0.15) is 0 Å². The highest BCUT2D eigenvalue weighted by atomic mass is 16.1. The molecule has 0 spiro atoms. The Morgan fingerprint density at radius 1 is 1.40 bits per heavy atom. The number of nitrogens with one attached hydrogen (secondary N) is 1. The number of benzene rings is 1. The van der Waals surface area contributed by atoms with Gasteiger partial charge < -0.3 is 16.0 Å². The molecule has 3 N–H and O–H groups in total. The molecule has 1 aliphatic heterocycles. The number of hydrogen-bond acceptors (Lipinski definition) is 3. The van der Waals surface area contributed by atoms with Crippen LogP contribution in [-0.4, -0.2) is 25.5 Å². The van der Waals surface area contributed by atoms with Crippen molar-refractivity contribution in [3.05, 3.63) is 29.8 Å². The number of amides is 1. The van der Waals surface area contributed by atoms with Crippen LogP contribution < -0.4 is 16.0 Å². The Labute approximate surface area is 121 Å². The molecule has 0 saturated carbocycles. The van der Waals surface area contributed by atoms with Crippen molar-refractivity contribution in [2.75, 3.05) is 24.5 Å². The quantitative estimate of drug-likeness (QED) is 0.884. The first-order valence-corrected chi connectivity index (χ1v) is 7.42. The molecule has 0 unspecified atom stereocenters. The Kier molecular flexibility index (Phi) is 5.01. The van der Waals surface area contributed by atoms with Crippen LogP contribution in [0.3, 0.4) is 0 Å². The molecular weight excluding hydrogens is 250 g/mol. The van der Waals surface area contributed by atoms with Gasteiger partial charge in [-0.1, -0.05) is 18.2 Å². The molecule has 4 nitrogen and oxygen atoms in total. The van der Waals surface area contributed by atoms with Crippen molar-refractivity contribution in [2.24, 2.45) is 11.7 Å². The number of para-hydroxylation sites is 1. The van der Waals surface area contributed by atoms with Gasteiger partial charge in [0.15, 0.2) is 0 Å². The van der Waals surface area contributed by atoms with Crippen LogP contribution >= 0.6 is 0 Å². The van der Waals surface area contributed by atoms with Gasteiger partial charge in [-0.15, -0.1) is 0 Å². The highest BCUT2D eigenvalue weighted by Gasteiger charge is 2.21. The molecule has 0 radical (unpaired) electrons. The Balaban J connectivity index is 1.95. The zero-order valence-corrected chi connectivity index (χ0v) is 12.4. The molecule has 2 rings (SSSR count). The summed E-state index contributed by atoms with van der Waals surface area (Å²) in [5, 5.41) is 2.92. The van der Waals surface area contributed by atoms with Crippen LogP contribution in [-0.2, 0) is 4.79 Å². The van der Waals surface area contributed by atoms with E-state index in [2.05, 4.69) is 28.4 Å². The average molecular weight is 275 g/mol. The van der Waals surface area contributed by atoms with E-state index in [0.717, 1.165) is 32.5 Å². The predicted molar refractivity (Wildman–Crippen MR) is 82.7 cm³/mol. The predicted octanol–water partition coefficient (Wildman–Crippen LogP) is 2.06. The number of nitrogens with two attached hydrogens (primary N) is 1. The molecule has 1 aliphatic rings. The van der Waals surface area contributed by atoms with Gasteiger partial charge in [0.2, 0.25) is 5.91 Å². The Bertz CT molecular complexity index is 451. The van der Waals surface area contributed by atoms with E-state index in [0.29, 0.717) is 5.92 Å². The van der Waals surface area contributed by atoms with Crippen molar-refractivity contribution in [2.45, 2.75) is 32.7 Å². The first-order valence-electron chi connectivity index (χ1n) is 7.42. The van der Waals surface area contributed by atoms with E-state index < -0.39 is 0 Å². The molecule has 1 aromatic rings. The molecule has 0 aliphatic carbocycles. The van der Waals surface area contributed by atoms with Gasteiger partial charge in [0.25, 0.3) is 0 Å². The molecule has 4 heteroatoms. The molecule has 1 saturated heterocycles. The zero-order chi connectivity index (χ0) is 14.5. The maximum atomic E-state index is 11.0. The van der Waals surface area contributed by atoms with Gasteiger partial charge in [-0.05, 0) is 37.3 Å². The van der Waals surface area contributed by atoms with Crippen molar-refractivity contribution in [3.8, 4) is 0 Å². The number of rotatable bonds is 4. The first kappa shape index (κ1) is 14.9. The summed E-state index contributed by atoms with van der Waals surface area (Å²) in [6.07, 6.45) is 2.24. The number of piperidine rings is 1. The van der Waals surface area contributed by atoms with Gasteiger partial charge in [0, 0.05) is 38.3 Å². The van der Waals surface area contributed by atoms with E-state index in [1.165, 1.54) is 11.3 Å². The lowest BCUT2D eigenvalue weighted by atomic mass is 9.95. The fourth-order valence-corrected chi connectivity index (χ4v) is 2.83. The maximum Gasteiger partial charge on any atom is 0.216 e. The minimum atomic E-state index is 0.0586. The fourth-order valence-electron chi connectivity index (χ4n) is 2.83. The second-order valence-corrected chi connectivity index (χ2v) is 5.72. The van der Waals surface area contributed by atoms with E-state index in [1.54, 1.807) is 6.92 Å². The number of carbonyl (C=O) groups is 1. The van der Waals surface area contributed by atoms with E-state index in [1.807, 2.05) is 13.0 Å². The highest BCUT2D eigenvalue weighted by Crippen LogP contribution is 2.28. The summed E-state index contributed by atoms with van der Waals surface area (Å²) in [6, 6.07) is 8.45. The zero-order valence-electron chi connectivity index (χ0n) is 12.4. The van der Waals surface area contributed by atoms with Crippen molar-refractivity contribution in [3.63, 3.8) is 0 Å². The second-order valence-electron chi connectivity index (χ2n) is 5.72. The summed E-state index contributed by atoms with van der Waals surface area (Å²) in [4.78, 5) is 13.4. The summed E-state index contributed by atoms with van der Waals surface area (Å²) >= 11 is 0. The molecule has 110 valence electrons. The van der Waals surface area contributed by atoms with Crippen molar-refractivity contribution in [1.82, 2.24) is 5.32 Å². The standard InChI is InChI=1S/C16H25N3O/c1-12(17)15-5-3-4-6-16(15)19-9-7-14(8-10-19)11-18-13(2)20/h3-6,12,14H,7-11,17H2,1-2H3,(H,18,20)/t12-/m1/s1.